The van der Waals surface area contributed by atoms with E-state index < -0.39 is 13.4 Å². The Hall–Kier alpha value is 0.330. The minimum atomic E-state index is -4.67. The van der Waals surface area contributed by atoms with Gasteiger partial charge in [0.25, 0.3) is 0 Å². The number of aliphatic hydroxyl groups excluding tert-OH is 1. The van der Waals surface area contributed by atoms with Crippen LogP contribution in [-0.4, -0.2) is 10.00 Å². The van der Waals surface area contributed by atoms with Gasteiger partial charge < -0.3 is 19.5 Å². The first-order valence-corrected chi connectivity index (χ1v) is 4.93. The average molecular weight is 210 g/mol. The van der Waals surface area contributed by atoms with E-state index in [4.69, 9.17) is 10.00 Å². The van der Waals surface area contributed by atoms with Gasteiger partial charge in [-0.2, -0.15) is 0 Å². The molecule has 0 saturated carbocycles. The maximum atomic E-state index is 10.5. The van der Waals surface area contributed by atoms with Crippen molar-refractivity contribution in [2.75, 3.05) is 0 Å². The molecule has 0 amide bonds. The Morgan fingerprint density at radius 3 is 2.15 bits per heavy atom. The molecule has 13 heavy (non-hydrogen) atoms. The van der Waals surface area contributed by atoms with Crippen molar-refractivity contribution in [3.63, 3.8) is 0 Å². The van der Waals surface area contributed by atoms with Crippen LogP contribution in [0.4, 0.5) is 0 Å². The SMILES string of the molecule is O=P([O-])(O)C(O)c1ccccc1.[Na+]. The summed E-state index contributed by atoms with van der Waals surface area (Å²) in [6.45, 7) is 0. The van der Waals surface area contributed by atoms with Crippen molar-refractivity contribution < 1.29 is 49.0 Å². The van der Waals surface area contributed by atoms with Crippen molar-refractivity contribution in [1.29, 1.82) is 0 Å². The van der Waals surface area contributed by atoms with Crippen LogP contribution in [0.1, 0.15) is 11.4 Å². The van der Waals surface area contributed by atoms with Crippen molar-refractivity contribution in [2.45, 2.75) is 5.85 Å². The zero-order valence-electron chi connectivity index (χ0n) is 7.12. The fraction of sp³-hybridized carbons (Fsp3) is 0.143. The van der Waals surface area contributed by atoms with Crippen molar-refractivity contribution >= 4 is 7.60 Å². The molecule has 0 spiro atoms. The molecule has 0 aliphatic carbocycles. The Morgan fingerprint density at radius 1 is 1.31 bits per heavy atom. The molecule has 0 aliphatic rings. The molecule has 2 unspecified atom stereocenters. The zero-order valence-corrected chi connectivity index (χ0v) is 10.0. The second kappa shape index (κ2) is 5.27. The molecule has 6 heteroatoms. The summed E-state index contributed by atoms with van der Waals surface area (Å²) in [5, 5.41) is 9.03. The first-order valence-electron chi connectivity index (χ1n) is 3.28. The standard InChI is InChI=1S/C7H9O4P.Na/c8-7(12(9,10)11)6-4-2-1-3-5-6;/h1-5,7-8H,(H2,9,10,11);/q;+1/p-1. The van der Waals surface area contributed by atoms with Crippen LogP contribution in [0, 0.1) is 0 Å². The van der Waals surface area contributed by atoms with Gasteiger partial charge in [0.05, 0.1) is 0 Å². The van der Waals surface area contributed by atoms with Gasteiger partial charge in [-0.25, -0.2) is 0 Å². The first kappa shape index (κ1) is 13.3. The molecule has 1 aromatic rings. The van der Waals surface area contributed by atoms with Crippen LogP contribution >= 0.6 is 7.60 Å². The summed E-state index contributed by atoms with van der Waals surface area (Å²) in [5.74, 6) is -1.82. The number of rotatable bonds is 2. The summed E-state index contributed by atoms with van der Waals surface area (Å²) in [6, 6.07) is 7.68. The molecule has 1 aromatic carbocycles. The van der Waals surface area contributed by atoms with Gasteiger partial charge in [0.15, 0.2) is 7.60 Å². The third kappa shape index (κ3) is 3.92. The van der Waals surface area contributed by atoms with Gasteiger partial charge in [-0.15, -0.1) is 0 Å². The predicted molar refractivity (Wildman–Crippen MR) is 41.2 cm³/mol. The van der Waals surface area contributed by atoms with E-state index in [1.54, 1.807) is 18.2 Å². The van der Waals surface area contributed by atoms with Crippen LogP contribution in [0.25, 0.3) is 0 Å². The van der Waals surface area contributed by atoms with Crippen LogP contribution in [0.5, 0.6) is 0 Å². The third-order valence-electron chi connectivity index (χ3n) is 1.41. The molecule has 0 aliphatic heterocycles. The molecule has 0 bridgehead atoms. The van der Waals surface area contributed by atoms with Crippen molar-refractivity contribution in [2.24, 2.45) is 0 Å². The molecule has 0 radical (unpaired) electrons. The molecular weight excluding hydrogens is 202 g/mol. The molecule has 0 aromatic heterocycles. The predicted octanol–water partition coefficient (Wildman–Crippen LogP) is -2.77. The number of benzene rings is 1. The van der Waals surface area contributed by atoms with E-state index in [9.17, 15) is 9.46 Å². The minimum Gasteiger partial charge on any atom is -0.777 e. The molecule has 4 nitrogen and oxygen atoms in total. The second-order valence-corrected chi connectivity index (χ2v) is 3.97. The zero-order chi connectivity index (χ0) is 9.19. The largest absolute Gasteiger partial charge is 1.00 e. The monoisotopic (exact) mass is 210 g/mol. The maximum Gasteiger partial charge on any atom is 1.00 e. The summed E-state index contributed by atoms with van der Waals surface area (Å²) in [6.07, 6.45) is 0. The number of aliphatic hydroxyl groups is 1. The Morgan fingerprint density at radius 2 is 1.77 bits per heavy atom. The van der Waals surface area contributed by atoms with Gasteiger partial charge >= 0.3 is 29.6 Å². The van der Waals surface area contributed by atoms with Gasteiger partial charge in [-0.05, 0) is 5.56 Å². The Bertz CT molecular complexity index is 297. The topological polar surface area (TPSA) is 80.6 Å². The Balaban J connectivity index is 0.00000144. The Kier molecular flexibility index (Phi) is 5.40. The van der Waals surface area contributed by atoms with Crippen LogP contribution < -0.4 is 34.5 Å². The fourth-order valence-corrected chi connectivity index (χ4v) is 1.36. The summed E-state index contributed by atoms with van der Waals surface area (Å²) < 4.78 is 10.5. The van der Waals surface area contributed by atoms with E-state index >= 15 is 0 Å². The third-order valence-corrected chi connectivity index (χ3v) is 2.32. The van der Waals surface area contributed by atoms with Crippen LogP contribution in [0.15, 0.2) is 30.3 Å². The van der Waals surface area contributed by atoms with Crippen molar-refractivity contribution in [1.82, 2.24) is 0 Å². The van der Waals surface area contributed by atoms with E-state index in [1.165, 1.54) is 12.1 Å². The van der Waals surface area contributed by atoms with Crippen LogP contribution in [0.3, 0.4) is 0 Å². The molecule has 66 valence electrons. The summed E-state index contributed by atoms with van der Waals surface area (Å²) in [4.78, 5) is 19.0. The van der Waals surface area contributed by atoms with Gasteiger partial charge in [-0.3, -0.25) is 0 Å². The van der Waals surface area contributed by atoms with E-state index in [-0.39, 0.29) is 35.1 Å². The van der Waals surface area contributed by atoms with Gasteiger partial charge in [0.1, 0.15) is 5.85 Å². The van der Waals surface area contributed by atoms with Crippen molar-refractivity contribution in [3.05, 3.63) is 35.9 Å². The first-order chi connectivity index (χ1) is 5.52. The number of hydrogen-bond acceptors (Lipinski definition) is 3. The van der Waals surface area contributed by atoms with Crippen LogP contribution in [0.2, 0.25) is 0 Å². The Labute approximate surface area is 98.1 Å². The van der Waals surface area contributed by atoms with E-state index in [0.717, 1.165) is 0 Å². The molecule has 0 heterocycles. The molecule has 2 atom stereocenters. The average Bonchev–Trinajstić information content (AvgIpc) is 2.03. The van der Waals surface area contributed by atoms with E-state index in [2.05, 4.69) is 0 Å². The van der Waals surface area contributed by atoms with E-state index in [1.807, 2.05) is 0 Å². The van der Waals surface area contributed by atoms with Crippen LogP contribution in [-0.2, 0) is 4.57 Å². The summed E-state index contributed by atoms with van der Waals surface area (Å²) in [5.41, 5.74) is 0.165. The number of hydrogen-bond donors (Lipinski definition) is 2. The van der Waals surface area contributed by atoms with E-state index in [0.29, 0.717) is 0 Å². The second-order valence-electron chi connectivity index (χ2n) is 2.35. The smallest absolute Gasteiger partial charge is 0.777 e. The molecule has 1 rings (SSSR count). The minimum absolute atomic E-state index is 0. The molecule has 2 N–H and O–H groups in total. The van der Waals surface area contributed by atoms with Gasteiger partial charge in [0.2, 0.25) is 0 Å². The normalized spacial score (nSPS) is 16.8. The van der Waals surface area contributed by atoms with Gasteiger partial charge in [0, 0.05) is 0 Å². The van der Waals surface area contributed by atoms with Gasteiger partial charge in [-0.1, -0.05) is 30.3 Å². The van der Waals surface area contributed by atoms with Crippen molar-refractivity contribution in [3.8, 4) is 0 Å². The molecule has 0 saturated heterocycles. The summed E-state index contributed by atoms with van der Waals surface area (Å²) >= 11 is 0. The quantitative estimate of drug-likeness (QED) is 0.409. The molecular formula is C7H8NaO4P. The summed E-state index contributed by atoms with van der Waals surface area (Å²) in [7, 11) is -4.67. The molecule has 0 fully saturated rings. The maximum absolute atomic E-state index is 10.5. The fourth-order valence-electron chi connectivity index (χ4n) is 0.814.